The molecule has 0 saturated carbocycles. The van der Waals surface area contributed by atoms with E-state index in [1.54, 1.807) is 0 Å². The van der Waals surface area contributed by atoms with Gasteiger partial charge in [0.05, 0.1) is 20.3 Å². The minimum atomic E-state index is -1.60. The van der Waals surface area contributed by atoms with E-state index in [-0.39, 0.29) is 13.0 Å². The van der Waals surface area contributed by atoms with Crippen LogP contribution in [0.2, 0.25) is 0 Å². The Morgan fingerprint density at radius 1 is 1.29 bits per heavy atom. The monoisotopic (exact) mass is 307 g/mol. The summed E-state index contributed by atoms with van der Waals surface area (Å²) >= 11 is 0. The van der Waals surface area contributed by atoms with Crippen molar-refractivity contribution in [3.8, 4) is 0 Å². The van der Waals surface area contributed by atoms with Gasteiger partial charge in [0.15, 0.2) is 0 Å². The maximum Gasteiger partial charge on any atom is 0.326 e. The Kier molecular flexibility index (Phi) is 4.83. The molecule has 2 aliphatic rings. The first-order chi connectivity index (χ1) is 9.91. The molecule has 2 aliphatic heterocycles. The highest BCUT2D eigenvalue weighted by Crippen LogP contribution is 2.40. The smallest absolute Gasteiger partial charge is 0.326 e. The first-order valence-corrected chi connectivity index (χ1v) is 6.69. The van der Waals surface area contributed by atoms with Crippen LogP contribution >= 0.6 is 0 Å². The second kappa shape index (κ2) is 6.13. The number of carbonyl (C=O) groups is 1. The minimum absolute atomic E-state index is 0.0186. The molecule has 0 bridgehead atoms. The van der Waals surface area contributed by atoms with E-state index in [2.05, 4.69) is 10.1 Å². The lowest BCUT2D eigenvalue weighted by Crippen LogP contribution is -2.70. The van der Waals surface area contributed by atoms with Gasteiger partial charge in [-0.25, -0.2) is 0 Å². The van der Waals surface area contributed by atoms with Gasteiger partial charge < -0.3 is 35.0 Å². The van der Waals surface area contributed by atoms with Crippen LogP contribution in [0, 0.1) is 0 Å². The van der Waals surface area contributed by atoms with Crippen LogP contribution in [0.4, 0.5) is 0 Å². The van der Waals surface area contributed by atoms with Crippen LogP contribution in [-0.4, -0.2) is 93.9 Å². The molecule has 0 radical (unpaired) electrons. The van der Waals surface area contributed by atoms with Crippen LogP contribution in [-0.2, 0) is 14.3 Å². The van der Waals surface area contributed by atoms with Crippen LogP contribution in [0.25, 0.3) is 0 Å². The molecule has 21 heavy (non-hydrogen) atoms. The fourth-order valence-electron chi connectivity index (χ4n) is 3.11. The molecule has 7 atom stereocenters. The third-order valence-corrected chi connectivity index (χ3v) is 4.22. The molecule has 9 nitrogen and oxygen atoms in total. The van der Waals surface area contributed by atoms with Crippen LogP contribution in [0.5, 0.6) is 0 Å². The van der Waals surface area contributed by atoms with Gasteiger partial charge in [-0.15, -0.1) is 0 Å². The summed E-state index contributed by atoms with van der Waals surface area (Å²) in [6.45, 7) is -0.905. The first kappa shape index (κ1) is 16.6. The molecule has 9 heteroatoms. The first-order valence-electron chi connectivity index (χ1n) is 6.69. The van der Waals surface area contributed by atoms with Crippen molar-refractivity contribution in [2.24, 2.45) is 0 Å². The zero-order chi connectivity index (χ0) is 15.8. The Balaban J connectivity index is 2.37. The van der Waals surface area contributed by atoms with Gasteiger partial charge in [0.1, 0.15) is 36.1 Å². The van der Waals surface area contributed by atoms with E-state index in [9.17, 15) is 30.3 Å². The summed E-state index contributed by atoms with van der Waals surface area (Å²) < 4.78 is 10.2. The van der Waals surface area contributed by atoms with Crippen molar-refractivity contribution in [1.82, 2.24) is 5.32 Å². The van der Waals surface area contributed by atoms with Crippen LogP contribution < -0.4 is 5.32 Å². The molecule has 2 rings (SSSR count). The highest BCUT2D eigenvalue weighted by molar-refractivity contribution is 5.78. The highest BCUT2D eigenvalue weighted by atomic mass is 16.6. The summed E-state index contributed by atoms with van der Waals surface area (Å²) in [4.78, 5) is 11.9. The number of hydrogen-bond donors (Lipinski definition) is 6. The number of carbonyl (C=O) groups excluding carboxylic acids is 1. The zero-order valence-electron chi connectivity index (χ0n) is 11.5. The molecular formula is C12H21NO8. The van der Waals surface area contributed by atoms with Gasteiger partial charge in [-0.3, -0.25) is 10.1 Å². The third-order valence-electron chi connectivity index (χ3n) is 4.22. The SMILES string of the molecule is COC(=O)[C@H]1N[C@@H](CO)CC12OC(CO)C(O)C(O)C2O. The van der Waals surface area contributed by atoms with E-state index in [0.29, 0.717) is 0 Å². The van der Waals surface area contributed by atoms with Gasteiger partial charge in [0, 0.05) is 6.04 Å². The molecule has 0 aromatic carbocycles. The van der Waals surface area contributed by atoms with E-state index < -0.39 is 54.7 Å². The fourth-order valence-corrected chi connectivity index (χ4v) is 3.11. The normalized spacial score (nSPS) is 46.8. The Morgan fingerprint density at radius 3 is 2.48 bits per heavy atom. The number of esters is 1. The van der Waals surface area contributed by atoms with E-state index in [1.807, 2.05) is 0 Å². The topological polar surface area (TPSA) is 149 Å². The Hall–Kier alpha value is -0.810. The standard InChI is InChI=1S/C12H21NO8/c1-20-11(19)9-12(2-5(3-14)13-9)10(18)8(17)7(16)6(4-15)21-12/h5-10,13-18H,2-4H2,1H3/t5-,6?,7?,8?,9-,10?,12?/m1/s1. The Morgan fingerprint density at radius 2 is 1.95 bits per heavy atom. The van der Waals surface area contributed by atoms with Crippen LogP contribution in [0.3, 0.4) is 0 Å². The zero-order valence-corrected chi connectivity index (χ0v) is 11.5. The quantitative estimate of drug-likeness (QED) is 0.288. The summed E-state index contributed by atoms with van der Waals surface area (Å²) in [6, 6.07) is -1.68. The summed E-state index contributed by atoms with van der Waals surface area (Å²) in [7, 11) is 1.16. The number of aliphatic hydroxyl groups excluding tert-OH is 5. The highest BCUT2D eigenvalue weighted by Gasteiger charge is 2.63. The van der Waals surface area contributed by atoms with E-state index >= 15 is 0 Å². The van der Waals surface area contributed by atoms with Crippen molar-refractivity contribution in [3.63, 3.8) is 0 Å². The number of ether oxygens (including phenoxy) is 2. The number of aliphatic hydroxyl groups is 5. The maximum absolute atomic E-state index is 11.9. The van der Waals surface area contributed by atoms with Crippen LogP contribution in [0.15, 0.2) is 0 Å². The second-order valence-electron chi connectivity index (χ2n) is 5.43. The molecule has 5 unspecified atom stereocenters. The summed E-state index contributed by atoms with van der Waals surface area (Å²) in [6.07, 6.45) is -5.80. The average molecular weight is 307 g/mol. The largest absolute Gasteiger partial charge is 0.468 e. The van der Waals surface area contributed by atoms with Crippen molar-refractivity contribution in [2.45, 2.75) is 48.5 Å². The van der Waals surface area contributed by atoms with Gasteiger partial charge >= 0.3 is 5.97 Å². The third kappa shape index (κ3) is 2.55. The molecule has 2 saturated heterocycles. The van der Waals surface area contributed by atoms with Crippen molar-refractivity contribution >= 4 is 5.97 Å². The molecule has 122 valence electrons. The van der Waals surface area contributed by atoms with E-state index in [0.717, 1.165) is 7.11 Å². The summed E-state index contributed by atoms with van der Waals surface area (Å²) in [5, 5.41) is 51.3. The Bertz CT molecular complexity index is 391. The molecule has 2 heterocycles. The maximum atomic E-state index is 11.9. The molecule has 0 aromatic rings. The number of hydrogen-bond acceptors (Lipinski definition) is 9. The van der Waals surface area contributed by atoms with Crippen molar-refractivity contribution in [3.05, 3.63) is 0 Å². The van der Waals surface area contributed by atoms with Gasteiger partial charge in [-0.1, -0.05) is 0 Å². The van der Waals surface area contributed by atoms with Gasteiger partial charge in [-0.05, 0) is 6.42 Å². The van der Waals surface area contributed by atoms with E-state index in [4.69, 9.17) is 4.74 Å². The second-order valence-corrected chi connectivity index (χ2v) is 5.43. The minimum Gasteiger partial charge on any atom is -0.468 e. The van der Waals surface area contributed by atoms with Crippen molar-refractivity contribution < 1.29 is 39.8 Å². The van der Waals surface area contributed by atoms with Crippen LogP contribution in [0.1, 0.15) is 6.42 Å². The number of methoxy groups -OCH3 is 1. The predicted octanol–water partition coefficient (Wildman–Crippen LogP) is -3.91. The molecule has 2 fully saturated rings. The van der Waals surface area contributed by atoms with Gasteiger partial charge in [0.25, 0.3) is 0 Å². The lowest BCUT2D eigenvalue weighted by Gasteiger charge is -2.48. The molecule has 1 spiro atoms. The molecule has 0 aliphatic carbocycles. The molecule has 6 N–H and O–H groups in total. The number of rotatable bonds is 3. The van der Waals surface area contributed by atoms with Gasteiger partial charge in [0.2, 0.25) is 0 Å². The van der Waals surface area contributed by atoms with Crippen molar-refractivity contribution in [2.75, 3.05) is 20.3 Å². The lowest BCUT2D eigenvalue weighted by molar-refractivity contribution is -0.276. The van der Waals surface area contributed by atoms with Gasteiger partial charge in [-0.2, -0.15) is 0 Å². The molecular weight excluding hydrogens is 286 g/mol. The average Bonchev–Trinajstić information content (AvgIpc) is 2.88. The van der Waals surface area contributed by atoms with E-state index in [1.165, 1.54) is 0 Å². The lowest BCUT2D eigenvalue weighted by atomic mass is 9.79. The predicted molar refractivity (Wildman–Crippen MR) is 67.1 cm³/mol. The summed E-state index contributed by atoms with van der Waals surface area (Å²) in [5.74, 6) is -0.731. The molecule has 0 amide bonds. The Labute approximate surface area is 121 Å². The fraction of sp³-hybridized carbons (Fsp3) is 0.917. The summed E-state index contributed by atoms with van der Waals surface area (Å²) in [5.41, 5.74) is -1.59. The van der Waals surface area contributed by atoms with Crippen molar-refractivity contribution in [1.29, 1.82) is 0 Å². The number of nitrogens with one attached hydrogen (secondary N) is 1. The molecule has 0 aromatic heterocycles.